The van der Waals surface area contributed by atoms with Crippen molar-refractivity contribution < 1.29 is 10.0 Å². The van der Waals surface area contributed by atoms with Gasteiger partial charge in [-0.25, -0.2) is 0 Å². The Hall–Kier alpha value is -1.53. The molecular weight excluding hydrogens is 222 g/mol. The number of nitrogens with zero attached hydrogens (tertiary/aromatic N) is 2. The molecular formula is C11H15N3O3. The number of hydrogen-bond acceptors (Lipinski definition) is 5. The molecule has 0 aromatic carbocycles. The predicted molar refractivity (Wildman–Crippen MR) is 61.6 cm³/mol. The highest BCUT2D eigenvalue weighted by Gasteiger charge is 2.29. The molecule has 6 nitrogen and oxygen atoms in total. The van der Waals surface area contributed by atoms with E-state index < -0.39 is 10.5 Å². The van der Waals surface area contributed by atoms with Crippen LogP contribution in [0.25, 0.3) is 0 Å². The highest BCUT2D eigenvalue weighted by atomic mass is 16.6. The Kier molecular flexibility index (Phi) is 3.35. The average molecular weight is 237 g/mol. The van der Waals surface area contributed by atoms with Crippen molar-refractivity contribution in [1.29, 1.82) is 0 Å². The van der Waals surface area contributed by atoms with Crippen molar-refractivity contribution in [2.75, 3.05) is 13.1 Å². The third-order valence-electron chi connectivity index (χ3n) is 2.98. The van der Waals surface area contributed by atoms with E-state index in [1.165, 1.54) is 12.3 Å². The molecule has 2 heterocycles. The lowest BCUT2D eigenvalue weighted by Gasteiger charge is -2.32. The third-order valence-corrected chi connectivity index (χ3v) is 2.98. The monoisotopic (exact) mass is 237 g/mol. The fraction of sp³-hybridized carbons (Fsp3) is 0.545. The van der Waals surface area contributed by atoms with Gasteiger partial charge in [-0.05, 0) is 25.5 Å². The van der Waals surface area contributed by atoms with Gasteiger partial charge < -0.3 is 10.4 Å². The van der Waals surface area contributed by atoms with Crippen LogP contribution in [-0.4, -0.2) is 33.7 Å². The third kappa shape index (κ3) is 2.98. The molecule has 0 saturated carbocycles. The van der Waals surface area contributed by atoms with Crippen molar-refractivity contribution in [1.82, 2.24) is 10.3 Å². The van der Waals surface area contributed by atoms with Gasteiger partial charge in [0.05, 0.1) is 10.5 Å². The maximum atomic E-state index is 10.5. The van der Waals surface area contributed by atoms with Gasteiger partial charge in [-0.15, -0.1) is 0 Å². The summed E-state index contributed by atoms with van der Waals surface area (Å²) in [5.41, 5.74) is -0.120. The number of aromatic nitrogens is 1. The molecule has 17 heavy (non-hydrogen) atoms. The quantitative estimate of drug-likeness (QED) is 0.595. The molecule has 1 atom stereocenters. The molecule has 0 bridgehead atoms. The summed E-state index contributed by atoms with van der Waals surface area (Å²) in [6.07, 6.45) is 3.33. The first-order valence-corrected chi connectivity index (χ1v) is 5.61. The van der Waals surface area contributed by atoms with E-state index in [1.807, 2.05) is 0 Å². The Morgan fingerprint density at radius 2 is 2.41 bits per heavy atom. The van der Waals surface area contributed by atoms with E-state index >= 15 is 0 Å². The number of rotatable bonds is 3. The molecule has 1 unspecified atom stereocenters. The summed E-state index contributed by atoms with van der Waals surface area (Å²) >= 11 is 0. The topological polar surface area (TPSA) is 88.3 Å². The second-order valence-electron chi connectivity index (χ2n) is 4.45. The number of pyridine rings is 1. The zero-order valence-electron chi connectivity index (χ0n) is 9.43. The first-order chi connectivity index (χ1) is 8.09. The van der Waals surface area contributed by atoms with E-state index in [9.17, 15) is 15.2 Å². The number of nitrogens with one attached hydrogen (secondary N) is 1. The Bertz CT molecular complexity index is 399. The van der Waals surface area contributed by atoms with E-state index in [0.717, 1.165) is 19.4 Å². The Morgan fingerprint density at radius 3 is 2.94 bits per heavy atom. The van der Waals surface area contributed by atoms with Crippen molar-refractivity contribution in [3.05, 3.63) is 34.1 Å². The molecule has 92 valence electrons. The average Bonchev–Trinajstić information content (AvgIpc) is 2.30. The molecule has 0 radical (unpaired) electrons. The number of piperidine rings is 1. The minimum Gasteiger partial charge on any atom is -0.388 e. The van der Waals surface area contributed by atoms with Crippen molar-refractivity contribution in [2.45, 2.75) is 24.9 Å². The number of β-amino-alcohol motifs (C(OH)–C–C–N with tert-alkyl or cyclic N) is 1. The highest BCUT2D eigenvalue weighted by Crippen LogP contribution is 2.21. The molecule has 1 aliphatic heterocycles. The molecule has 1 saturated heterocycles. The maximum absolute atomic E-state index is 10.5. The predicted octanol–water partition coefficient (Wildman–Crippen LogP) is 0.647. The maximum Gasteiger partial charge on any atom is 0.287 e. The summed E-state index contributed by atoms with van der Waals surface area (Å²) in [7, 11) is 0. The zero-order chi connectivity index (χ0) is 12.3. The van der Waals surface area contributed by atoms with E-state index in [0.29, 0.717) is 18.7 Å². The van der Waals surface area contributed by atoms with Crippen molar-refractivity contribution in [3.8, 4) is 0 Å². The van der Waals surface area contributed by atoms with Crippen LogP contribution in [0.5, 0.6) is 0 Å². The van der Waals surface area contributed by atoms with Gasteiger partial charge in [0, 0.05) is 24.7 Å². The van der Waals surface area contributed by atoms with Gasteiger partial charge in [-0.1, -0.05) is 0 Å². The fourth-order valence-electron chi connectivity index (χ4n) is 2.07. The molecule has 1 aromatic heterocycles. The Labute approximate surface area is 98.8 Å². The minimum absolute atomic E-state index is 0.0255. The molecule has 2 rings (SSSR count). The summed E-state index contributed by atoms with van der Waals surface area (Å²) in [6, 6.07) is 3.02. The summed E-state index contributed by atoms with van der Waals surface area (Å²) in [6.45, 7) is 1.47. The lowest BCUT2D eigenvalue weighted by molar-refractivity contribution is -0.385. The van der Waals surface area contributed by atoms with Gasteiger partial charge in [-0.3, -0.25) is 15.1 Å². The van der Waals surface area contributed by atoms with Gasteiger partial charge in [0.2, 0.25) is 0 Å². The van der Waals surface area contributed by atoms with Crippen molar-refractivity contribution in [2.24, 2.45) is 0 Å². The summed E-state index contributed by atoms with van der Waals surface area (Å²) < 4.78 is 0. The second-order valence-corrected chi connectivity index (χ2v) is 4.45. The minimum atomic E-state index is -0.776. The van der Waals surface area contributed by atoms with Gasteiger partial charge in [0.15, 0.2) is 0 Å². The molecule has 1 aromatic rings. The molecule has 0 amide bonds. The largest absolute Gasteiger partial charge is 0.388 e. The zero-order valence-corrected chi connectivity index (χ0v) is 9.43. The van der Waals surface area contributed by atoms with Crippen LogP contribution in [0.15, 0.2) is 18.3 Å². The Balaban J connectivity index is 2.05. The molecule has 0 spiro atoms. The van der Waals surface area contributed by atoms with Crippen LogP contribution in [-0.2, 0) is 6.42 Å². The van der Waals surface area contributed by atoms with Crippen LogP contribution >= 0.6 is 0 Å². The first kappa shape index (κ1) is 11.9. The SMILES string of the molecule is O=[N+]([O-])c1ccc(CC2(O)CCCNC2)nc1. The van der Waals surface area contributed by atoms with Crippen LogP contribution in [0, 0.1) is 10.1 Å². The van der Waals surface area contributed by atoms with E-state index in [-0.39, 0.29) is 5.69 Å². The molecule has 0 aliphatic carbocycles. The number of aliphatic hydroxyl groups is 1. The van der Waals surface area contributed by atoms with Crippen LogP contribution in [0.3, 0.4) is 0 Å². The summed E-state index contributed by atoms with van der Waals surface area (Å²) in [5.74, 6) is 0. The lowest BCUT2D eigenvalue weighted by atomic mass is 9.89. The van der Waals surface area contributed by atoms with Gasteiger partial charge in [0.25, 0.3) is 5.69 Å². The first-order valence-electron chi connectivity index (χ1n) is 5.61. The molecule has 6 heteroatoms. The lowest BCUT2D eigenvalue weighted by Crippen LogP contribution is -2.47. The highest BCUT2D eigenvalue weighted by molar-refractivity contribution is 5.27. The molecule has 1 fully saturated rings. The van der Waals surface area contributed by atoms with Gasteiger partial charge in [0.1, 0.15) is 6.20 Å². The van der Waals surface area contributed by atoms with Gasteiger partial charge in [-0.2, -0.15) is 0 Å². The van der Waals surface area contributed by atoms with E-state index in [2.05, 4.69) is 10.3 Å². The van der Waals surface area contributed by atoms with Crippen molar-refractivity contribution in [3.63, 3.8) is 0 Å². The second kappa shape index (κ2) is 4.77. The Morgan fingerprint density at radius 1 is 1.59 bits per heavy atom. The van der Waals surface area contributed by atoms with Crippen LogP contribution in [0.1, 0.15) is 18.5 Å². The van der Waals surface area contributed by atoms with E-state index in [4.69, 9.17) is 0 Å². The van der Waals surface area contributed by atoms with Crippen LogP contribution < -0.4 is 5.32 Å². The number of hydrogen-bond donors (Lipinski definition) is 2. The number of nitro groups is 1. The van der Waals surface area contributed by atoms with E-state index in [1.54, 1.807) is 6.07 Å². The summed E-state index contributed by atoms with van der Waals surface area (Å²) in [5, 5.41) is 23.9. The molecule has 1 aliphatic rings. The summed E-state index contributed by atoms with van der Waals surface area (Å²) in [4.78, 5) is 14.0. The van der Waals surface area contributed by atoms with Gasteiger partial charge >= 0.3 is 0 Å². The normalized spacial score (nSPS) is 24.5. The smallest absolute Gasteiger partial charge is 0.287 e. The van der Waals surface area contributed by atoms with Crippen LogP contribution in [0.4, 0.5) is 5.69 Å². The molecule has 2 N–H and O–H groups in total. The van der Waals surface area contributed by atoms with Crippen LogP contribution in [0.2, 0.25) is 0 Å². The van der Waals surface area contributed by atoms with Crippen molar-refractivity contribution >= 4 is 5.69 Å². The standard InChI is InChI=1S/C11H15N3O3/c15-11(4-1-5-12-8-11)6-9-2-3-10(7-13-9)14(16)17/h2-3,7,12,15H,1,4-6,8H2. The fourth-order valence-corrected chi connectivity index (χ4v) is 2.07.